The predicted octanol–water partition coefficient (Wildman–Crippen LogP) is 6.02. The number of fused-ring (bicyclic) bond motifs is 1. The number of anilines is 3. The molecule has 0 aliphatic rings. The van der Waals surface area contributed by atoms with Crippen molar-refractivity contribution >= 4 is 40.2 Å². The summed E-state index contributed by atoms with van der Waals surface area (Å²) in [5.41, 5.74) is 5.73. The number of carbonyl (C=O) groups excluding carboxylic acids is 2. The first kappa shape index (κ1) is 25.7. The molecule has 2 amide bonds. The van der Waals surface area contributed by atoms with E-state index in [0.717, 1.165) is 0 Å². The van der Waals surface area contributed by atoms with Crippen LogP contribution >= 0.6 is 0 Å². The molecule has 0 aliphatic carbocycles. The van der Waals surface area contributed by atoms with Crippen LogP contribution in [-0.4, -0.2) is 33.4 Å². The van der Waals surface area contributed by atoms with E-state index in [2.05, 4.69) is 20.6 Å². The molecule has 0 bridgehead atoms. The van der Waals surface area contributed by atoms with Crippen LogP contribution in [0.2, 0.25) is 0 Å². The zero-order valence-electron chi connectivity index (χ0n) is 20.9. The first-order valence-corrected chi connectivity index (χ1v) is 11.0. The van der Waals surface area contributed by atoms with Gasteiger partial charge in [0.2, 0.25) is 0 Å². The molecule has 3 rings (SSSR count). The molecule has 0 saturated carbocycles. The van der Waals surface area contributed by atoms with Crippen molar-refractivity contribution in [3.05, 3.63) is 42.1 Å². The maximum Gasteiger partial charge on any atom is 0.412 e. The third-order valence-corrected chi connectivity index (χ3v) is 4.75. The molecule has 0 fully saturated rings. The summed E-state index contributed by atoms with van der Waals surface area (Å²) in [6, 6.07) is 3.16. The minimum Gasteiger partial charge on any atom is -0.444 e. The maximum atomic E-state index is 15.9. The van der Waals surface area contributed by atoms with Crippen molar-refractivity contribution in [1.29, 1.82) is 0 Å². The van der Waals surface area contributed by atoms with Gasteiger partial charge in [-0.05, 0) is 71.5 Å². The van der Waals surface area contributed by atoms with Crippen LogP contribution in [0.3, 0.4) is 0 Å². The lowest BCUT2D eigenvalue weighted by atomic mass is 9.97. The Morgan fingerprint density at radius 3 is 2.11 bits per heavy atom. The molecule has 0 atom stereocenters. The molecule has 3 aromatic rings. The number of nitrogens with zero attached hydrogens (tertiary/aromatic N) is 2. The van der Waals surface area contributed by atoms with Gasteiger partial charge in [-0.25, -0.2) is 19.0 Å². The van der Waals surface area contributed by atoms with Gasteiger partial charge in [-0.2, -0.15) is 0 Å². The number of pyridine rings is 2. The maximum absolute atomic E-state index is 15.9. The predicted molar refractivity (Wildman–Crippen MR) is 134 cm³/mol. The summed E-state index contributed by atoms with van der Waals surface area (Å²) in [6.07, 6.45) is 2.83. The quantitative estimate of drug-likeness (QED) is 0.415. The number of benzene rings is 1. The van der Waals surface area contributed by atoms with E-state index in [1.807, 2.05) is 0 Å². The minimum absolute atomic E-state index is 0.107. The summed E-state index contributed by atoms with van der Waals surface area (Å²) in [7, 11) is 0. The van der Waals surface area contributed by atoms with Crippen molar-refractivity contribution in [2.45, 2.75) is 59.7 Å². The molecule has 2 aromatic heterocycles. The number of hydrogen-bond donors (Lipinski definition) is 3. The van der Waals surface area contributed by atoms with Crippen LogP contribution in [0.25, 0.3) is 21.9 Å². The Morgan fingerprint density at radius 1 is 0.914 bits per heavy atom. The SMILES string of the molecule is Cc1c(NC(=O)OC(C)(C)C)cncc1-c1cc2cc(N)ncc2c(NC(=O)OC(C)(C)C)c1F. The van der Waals surface area contributed by atoms with Crippen molar-refractivity contribution in [2.24, 2.45) is 0 Å². The standard InChI is InChI=1S/C25H30FN5O4/c1-13-16(10-28-12-18(13)30-22(32)34-24(2,3)4)15-8-14-9-19(27)29-11-17(14)21(20(15)26)31-23(33)35-25(5,6)7/h8-12H,1-7H3,(H2,27,29)(H,30,32)(H,31,33). The van der Waals surface area contributed by atoms with Crippen molar-refractivity contribution < 1.29 is 23.5 Å². The fourth-order valence-electron chi connectivity index (χ4n) is 3.35. The van der Waals surface area contributed by atoms with Crippen LogP contribution in [-0.2, 0) is 9.47 Å². The van der Waals surface area contributed by atoms with E-state index in [0.29, 0.717) is 27.6 Å². The first-order chi connectivity index (χ1) is 16.1. The molecule has 2 heterocycles. The van der Waals surface area contributed by atoms with E-state index >= 15 is 4.39 Å². The Balaban J connectivity index is 2.12. The van der Waals surface area contributed by atoms with E-state index < -0.39 is 29.2 Å². The number of hydrogen-bond acceptors (Lipinski definition) is 7. The molecule has 10 heteroatoms. The largest absolute Gasteiger partial charge is 0.444 e. The van der Waals surface area contributed by atoms with Crippen LogP contribution in [0.4, 0.5) is 31.2 Å². The fourth-order valence-corrected chi connectivity index (χ4v) is 3.35. The van der Waals surface area contributed by atoms with Crippen LogP contribution in [0.5, 0.6) is 0 Å². The molecule has 0 unspecified atom stereocenters. The number of amides is 2. The molecule has 4 N–H and O–H groups in total. The number of nitrogens with one attached hydrogen (secondary N) is 2. The average Bonchev–Trinajstić information content (AvgIpc) is 2.69. The molecule has 0 radical (unpaired) electrons. The van der Waals surface area contributed by atoms with Gasteiger partial charge in [-0.1, -0.05) is 0 Å². The second kappa shape index (κ2) is 9.36. The zero-order chi connectivity index (χ0) is 26.1. The van der Waals surface area contributed by atoms with Gasteiger partial charge < -0.3 is 15.2 Å². The normalized spacial score (nSPS) is 11.8. The van der Waals surface area contributed by atoms with Crippen LogP contribution < -0.4 is 16.4 Å². The second-order valence-electron chi connectivity index (χ2n) is 10.1. The second-order valence-corrected chi connectivity index (χ2v) is 10.1. The van der Waals surface area contributed by atoms with Crippen molar-refractivity contribution in [2.75, 3.05) is 16.4 Å². The van der Waals surface area contributed by atoms with Crippen molar-refractivity contribution in [3.63, 3.8) is 0 Å². The lowest BCUT2D eigenvalue weighted by molar-refractivity contribution is 0.0624. The summed E-state index contributed by atoms with van der Waals surface area (Å²) in [5, 5.41) is 6.05. The van der Waals surface area contributed by atoms with Crippen LogP contribution in [0.15, 0.2) is 30.7 Å². The number of nitrogen functional groups attached to an aromatic ring is 1. The summed E-state index contributed by atoms with van der Waals surface area (Å²) in [6.45, 7) is 12.1. The van der Waals surface area contributed by atoms with Gasteiger partial charge in [0.15, 0.2) is 5.82 Å². The van der Waals surface area contributed by atoms with E-state index in [1.54, 1.807) is 60.6 Å². The van der Waals surface area contributed by atoms with E-state index in [4.69, 9.17) is 15.2 Å². The molecule has 35 heavy (non-hydrogen) atoms. The number of halogens is 1. The number of nitrogens with two attached hydrogens (primary N) is 1. The van der Waals surface area contributed by atoms with Crippen molar-refractivity contribution in [1.82, 2.24) is 9.97 Å². The molecule has 186 valence electrons. The molecular weight excluding hydrogens is 453 g/mol. The monoisotopic (exact) mass is 483 g/mol. The van der Waals surface area contributed by atoms with Crippen LogP contribution in [0, 0.1) is 12.7 Å². The number of rotatable bonds is 3. The van der Waals surface area contributed by atoms with Gasteiger partial charge in [0.1, 0.15) is 17.0 Å². The summed E-state index contributed by atoms with van der Waals surface area (Å²) in [4.78, 5) is 33.0. The number of aromatic nitrogens is 2. The third-order valence-electron chi connectivity index (χ3n) is 4.75. The van der Waals surface area contributed by atoms with Gasteiger partial charge in [0.05, 0.1) is 17.6 Å². The average molecular weight is 484 g/mol. The highest BCUT2D eigenvalue weighted by atomic mass is 19.1. The van der Waals surface area contributed by atoms with Gasteiger partial charge in [0, 0.05) is 28.9 Å². The zero-order valence-corrected chi connectivity index (χ0v) is 20.9. The first-order valence-electron chi connectivity index (χ1n) is 11.0. The lowest BCUT2D eigenvalue weighted by Gasteiger charge is -2.22. The topological polar surface area (TPSA) is 128 Å². The molecule has 9 nitrogen and oxygen atoms in total. The fraction of sp³-hybridized carbons (Fsp3) is 0.360. The third kappa shape index (κ3) is 6.34. The molecule has 0 saturated heterocycles. The highest BCUT2D eigenvalue weighted by Crippen LogP contribution is 2.38. The van der Waals surface area contributed by atoms with Crippen LogP contribution in [0.1, 0.15) is 47.1 Å². The van der Waals surface area contributed by atoms with Gasteiger partial charge in [0.25, 0.3) is 0 Å². The Hall–Kier alpha value is -3.95. The van der Waals surface area contributed by atoms with Gasteiger partial charge in [-0.15, -0.1) is 0 Å². The number of carbonyl (C=O) groups is 2. The summed E-state index contributed by atoms with van der Waals surface area (Å²) < 4.78 is 26.5. The van der Waals surface area contributed by atoms with E-state index in [1.165, 1.54) is 18.6 Å². The van der Waals surface area contributed by atoms with E-state index in [9.17, 15) is 9.59 Å². The molecule has 0 aliphatic heterocycles. The van der Waals surface area contributed by atoms with Gasteiger partial charge in [-0.3, -0.25) is 15.6 Å². The molecule has 0 spiro atoms. The summed E-state index contributed by atoms with van der Waals surface area (Å²) in [5.74, 6) is -0.484. The Kier molecular flexibility index (Phi) is 6.86. The smallest absolute Gasteiger partial charge is 0.412 e. The van der Waals surface area contributed by atoms with Gasteiger partial charge >= 0.3 is 12.2 Å². The highest BCUT2D eigenvalue weighted by molar-refractivity contribution is 6.04. The molecular formula is C25H30FN5O4. The Morgan fingerprint density at radius 2 is 1.51 bits per heavy atom. The van der Waals surface area contributed by atoms with E-state index in [-0.39, 0.29) is 17.1 Å². The molecule has 1 aromatic carbocycles. The highest BCUT2D eigenvalue weighted by Gasteiger charge is 2.23. The summed E-state index contributed by atoms with van der Waals surface area (Å²) >= 11 is 0. The number of ether oxygens (including phenoxy) is 2. The Bertz CT molecular complexity index is 1300. The van der Waals surface area contributed by atoms with Crippen molar-refractivity contribution in [3.8, 4) is 11.1 Å². The minimum atomic E-state index is -0.818. The lowest BCUT2D eigenvalue weighted by Crippen LogP contribution is -2.27. The Labute approximate surface area is 203 Å².